The van der Waals surface area contributed by atoms with Crippen molar-refractivity contribution in [1.82, 2.24) is 4.90 Å². The van der Waals surface area contributed by atoms with Gasteiger partial charge in [0.25, 0.3) is 0 Å². The van der Waals surface area contributed by atoms with Gasteiger partial charge in [-0.25, -0.2) is 4.39 Å². The molecule has 1 saturated heterocycles. The number of benzene rings is 1. The number of amides is 1. The third-order valence-electron chi connectivity index (χ3n) is 4.90. The monoisotopic (exact) mass is 342 g/mol. The van der Waals surface area contributed by atoms with Gasteiger partial charge in [0.2, 0.25) is 5.91 Å². The van der Waals surface area contributed by atoms with Crippen molar-refractivity contribution in [2.24, 2.45) is 17.6 Å². The molecule has 3 atom stereocenters. The molecule has 0 bridgehead atoms. The molecular weight excluding hydrogens is 319 g/mol. The smallest absolute Gasteiger partial charge is 0.226 e. The molecule has 0 radical (unpaired) electrons. The maximum atomic E-state index is 13.0. The van der Waals surface area contributed by atoms with Crippen molar-refractivity contribution in [3.8, 4) is 0 Å². The van der Waals surface area contributed by atoms with Gasteiger partial charge in [0.15, 0.2) is 0 Å². The first kappa shape index (κ1) is 18.2. The van der Waals surface area contributed by atoms with Crippen molar-refractivity contribution in [3.05, 3.63) is 35.6 Å². The number of halogens is 2. The van der Waals surface area contributed by atoms with Crippen LogP contribution in [0, 0.1) is 17.7 Å². The molecule has 1 amide bonds. The van der Waals surface area contributed by atoms with Crippen LogP contribution in [0.3, 0.4) is 0 Å². The molecule has 0 aromatic heterocycles. The normalized spacial score (nSPS) is 27.6. The Morgan fingerprint density at radius 2 is 2.04 bits per heavy atom. The molecule has 1 saturated carbocycles. The van der Waals surface area contributed by atoms with Gasteiger partial charge in [-0.3, -0.25) is 4.79 Å². The van der Waals surface area contributed by atoms with Crippen molar-refractivity contribution in [3.63, 3.8) is 0 Å². The molecule has 1 aromatic rings. The van der Waals surface area contributed by atoms with E-state index in [9.17, 15) is 9.18 Å². The van der Waals surface area contributed by atoms with Gasteiger partial charge in [-0.2, -0.15) is 0 Å². The third-order valence-corrected chi connectivity index (χ3v) is 4.90. The van der Waals surface area contributed by atoms with E-state index in [4.69, 9.17) is 10.5 Å². The van der Waals surface area contributed by atoms with E-state index in [2.05, 4.69) is 0 Å². The molecule has 1 aromatic carbocycles. The summed E-state index contributed by atoms with van der Waals surface area (Å²) in [7, 11) is 0. The molecule has 1 heterocycles. The minimum Gasteiger partial charge on any atom is -0.370 e. The number of morpholine rings is 1. The second-order valence-corrected chi connectivity index (χ2v) is 6.23. The average Bonchev–Trinajstić information content (AvgIpc) is 3.03. The van der Waals surface area contributed by atoms with Crippen molar-refractivity contribution in [2.75, 3.05) is 26.2 Å². The fourth-order valence-electron chi connectivity index (χ4n) is 3.61. The van der Waals surface area contributed by atoms with E-state index in [0.29, 0.717) is 32.2 Å². The van der Waals surface area contributed by atoms with Crippen molar-refractivity contribution in [1.29, 1.82) is 0 Å². The van der Waals surface area contributed by atoms with Crippen LogP contribution in [-0.2, 0) is 9.53 Å². The second kappa shape index (κ2) is 8.08. The highest BCUT2D eigenvalue weighted by molar-refractivity contribution is 5.85. The predicted molar refractivity (Wildman–Crippen MR) is 88.8 cm³/mol. The maximum Gasteiger partial charge on any atom is 0.226 e. The van der Waals surface area contributed by atoms with Gasteiger partial charge in [0, 0.05) is 12.5 Å². The molecular formula is C17H24ClFN2O2. The Hall–Kier alpha value is -1.17. The molecule has 2 N–H and O–H groups in total. The first-order chi connectivity index (χ1) is 10.7. The van der Waals surface area contributed by atoms with Gasteiger partial charge in [-0.15, -0.1) is 12.4 Å². The summed E-state index contributed by atoms with van der Waals surface area (Å²) in [5.41, 5.74) is 6.71. The van der Waals surface area contributed by atoms with Crippen LogP contribution in [0.2, 0.25) is 0 Å². The molecule has 6 heteroatoms. The summed E-state index contributed by atoms with van der Waals surface area (Å²) in [4.78, 5) is 14.7. The number of hydrogen-bond acceptors (Lipinski definition) is 3. The van der Waals surface area contributed by atoms with Crippen LogP contribution in [0.4, 0.5) is 4.39 Å². The third kappa shape index (κ3) is 4.03. The number of ether oxygens (including phenoxy) is 1. The summed E-state index contributed by atoms with van der Waals surface area (Å²) in [6.07, 6.45) is 2.91. The Labute approximate surface area is 142 Å². The summed E-state index contributed by atoms with van der Waals surface area (Å²) >= 11 is 0. The molecule has 1 unspecified atom stereocenters. The Morgan fingerprint density at radius 1 is 1.30 bits per heavy atom. The van der Waals surface area contributed by atoms with Crippen LogP contribution in [-0.4, -0.2) is 37.0 Å². The van der Waals surface area contributed by atoms with E-state index in [0.717, 1.165) is 24.8 Å². The van der Waals surface area contributed by atoms with Crippen LogP contribution in [0.15, 0.2) is 24.3 Å². The van der Waals surface area contributed by atoms with E-state index in [1.807, 2.05) is 4.90 Å². The molecule has 1 aliphatic carbocycles. The molecule has 2 aliphatic rings. The van der Waals surface area contributed by atoms with Gasteiger partial charge < -0.3 is 15.4 Å². The standard InChI is InChI=1S/C17H23FN2O2.ClH/c18-14-6-4-12(5-7-14)16-11-20(8-9-22-16)17(21)15-3-1-2-13(15)10-19;/h4-7,13,15-16H,1-3,8-11,19H2;1H/t13-,15-,16?;/m1./s1. The predicted octanol–water partition coefficient (Wildman–Crippen LogP) is 2.52. The van der Waals surface area contributed by atoms with Crippen molar-refractivity contribution < 1.29 is 13.9 Å². The number of carbonyl (C=O) groups excluding carboxylic acids is 1. The van der Waals surface area contributed by atoms with E-state index in [-0.39, 0.29) is 36.2 Å². The number of hydrogen-bond donors (Lipinski definition) is 1. The molecule has 4 nitrogen and oxygen atoms in total. The minimum atomic E-state index is -0.260. The first-order valence-electron chi connectivity index (χ1n) is 8.05. The van der Waals surface area contributed by atoms with Gasteiger partial charge >= 0.3 is 0 Å². The molecule has 23 heavy (non-hydrogen) atoms. The Kier molecular flexibility index (Phi) is 6.39. The van der Waals surface area contributed by atoms with E-state index in [1.165, 1.54) is 12.1 Å². The Bertz CT molecular complexity index is 526. The van der Waals surface area contributed by atoms with Crippen LogP contribution in [0.1, 0.15) is 30.9 Å². The highest BCUT2D eigenvalue weighted by atomic mass is 35.5. The largest absolute Gasteiger partial charge is 0.370 e. The van der Waals surface area contributed by atoms with Crippen molar-refractivity contribution in [2.45, 2.75) is 25.4 Å². The van der Waals surface area contributed by atoms with Gasteiger partial charge in [-0.05, 0) is 43.0 Å². The number of nitrogens with zero attached hydrogens (tertiary/aromatic N) is 1. The van der Waals surface area contributed by atoms with Crippen LogP contribution >= 0.6 is 12.4 Å². The lowest BCUT2D eigenvalue weighted by atomic mass is 9.94. The van der Waals surface area contributed by atoms with Gasteiger partial charge in [0.05, 0.1) is 13.2 Å². The fraction of sp³-hybridized carbons (Fsp3) is 0.588. The second-order valence-electron chi connectivity index (χ2n) is 6.23. The van der Waals surface area contributed by atoms with Crippen LogP contribution in [0.25, 0.3) is 0 Å². The van der Waals surface area contributed by atoms with Gasteiger partial charge in [-0.1, -0.05) is 18.6 Å². The quantitative estimate of drug-likeness (QED) is 0.918. The lowest BCUT2D eigenvalue weighted by Crippen LogP contribution is -2.46. The van der Waals surface area contributed by atoms with E-state index in [1.54, 1.807) is 12.1 Å². The highest BCUT2D eigenvalue weighted by Gasteiger charge is 2.36. The summed E-state index contributed by atoms with van der Waals surface area (Å²) in [6.45, 7) is 2.28. The zero-order valence-electron chi connectivity index (χ0n) is 13.1. The summed E-state index contributed by atoms with van der Waals surface area (Å²) in [6, 6.07) is 6.32. The topological polar surface area (TPSA) is 55.6 Å². The number of nitrogens with two attached hydrogens (primary N) is 1. The van der Waals surface area contributed by atoms with Crippen LogP contribution in [0.5, 0.6) is 0 Å². The van der Waals surface area contributed by atoms with Gasteiger partial charge in [0.1, 0.15) is 11.9 Å². The average molecular weight is 343 g/mol. The fourth-order valence-corrected chi connectivity index (χ4v) is 3.61. The molecule has 2 fully saturated rings. The lowest BCUT2D eigenvalue weighted by Gasteiger charge is -2.35. The molecule has 128 valence electrons. The summed E-state index contributed by atoms with van der Waals surface area (Å²) in [5.74, 6) is 0.337. The van der Waals surface area contributed by atoms with Crippen LogP contribution < -0.4 is 5.73 Å². The molecule has 0 spiro atoms. The van der Waals surface area contributed by atoms with Crippen molar-refractivity contribution >= 4 is 18.3 Å². The van der Waals surface area contributed by atoms with E-state index >= 15 is 0 Å². The number of carbonyl (C=O) groups is 1. The number of rotatable bonds is 3. The molecule has 3 rings (SSSR count). The Morgan fingerprint density at radius 3 is 2.74 bits per heavy atom. The Balaban J connectivity index is 0.00000192. The molecule has 1 aliphatic heterocycles. The zero-order chi connectivity index (χ0) is 15.5. The zero-order valence-corrected chi connectivity index (χ0v) is 13.9. The first-order valence-corrected chi connectivity index (χ1v) is 8.05. The lowest BCUT2D eigenvalue weighted by molar-refractivity contribution is -0.144. The highest BCUT2D eigenvalue weighted by Crippen LogP contribution is 2.33. The summed E-state index contributed by atoms with van der Waals surface area (Å²) < 4.78 is 18.8. The minimum absolute atomic E-state index is 0. The summed E-state index contributed by atoms with van der Waals surface area (Å²) in [5, 5.41) is 0. The maximum absolute atomic E-state index is 13.0. The SMILES string of the molecule is Cl.NC[C@H]1CCC[C@H]1C(=O)N1CCOC(c2ccc(F)cc2)C1. The van der Waals surface area contributed by atoms with E-state index < -0.39 is 0 Å².